The number of carbonyl (C=O) groups is 1. The molecule has 0 aliphatic heterocycles. The minimum Gasteiger partial charge on any atom is -0.495 e. The second kappa shape index (κ2) is 7.99. The van der Waals surface area contributed by atoms with Gasteiger partial charge in [0.2, 0.25) is 0 Å². The number of anilines is 2. The quantitative estimate of drug-likeness (QED) is 0.635. The van der Waals surface area contributed by atoms with Crippen LogP contribution in [0, 0.1) is 17.1 Å². The predicted molar refractivity (Wildman–Crippen MR) is 90.4 cm³/mol. The zero-order valence-corrected chi connectivity index (χ0v) is 13.4. The van der Waals surface area contributed by atoms with E-state index in [2.05, 4.69) is 10.6 Å². The van der Waals surface area contributed by atoms with E-state index >= 15 is 0 Å². The number of nitriles is 1. The first-order chi connectivity index (χ1) is 11.5. The lowest BCUT2D eigenvalue weighted by atomic mass is 10.2. The topological polar surface area (TPSA) is 74.1 Å². The zero-order chi connectivity index (χ0) is 17.5. The monoisotopic (exact) mass is 345 g/mol. The lowest BCUT2D eigenvalue weighted by Gasteiger charge is -2.09. The zero-order valence-electron chi connectivity index (χ0n) is 12.6. The molecule has 0 bridgehead atoms. The van der Waals surface area contributed by atoms with E-state index in [1.807, 2.05) is 0 Å². The Hall–Kier alpha value is -3.04. The van der Waals surface area contributed by atoms with Crippen LogP contribution in [0.1, 0.15) is 0 Å². The molecule has 2 N–H and O–H groups in total. The number of halogens is 2. The molecule has 7 heteroatoms. The number of hydrogen-bond donors (Lipinski definition) is 2. The third-order valence-electron chi connectivity index (χ3n) is 3.00. The number of hydrogen-bond acceptors (Lipinski definition) is 4. The number of benzene rings is 2. The maximum atomic E-state index is 12.9. The third kappa shape index (κ3) is 4.48. The molecule has 0 atom stereocenters. The van der Waals surface area contributed by atoms with Crippen molar-refractivity contribution in [3.8, 4) is 11.8 Å². The van der Waals surface area contributed by atoms with Gasteiger partial charge in [-0.05, 0) is 42.5 Å². The van der Waals surface area contributed by atoms with Crippen LogP contribution < -0.4 is 15.4 Å². The van der Waals surface area contributed by atoms with Crippen LogP contribution in [0.5, 0.6) is 5.75 Å². The Bertz CT molecular complexity index is 814. The van der Waals surface area contributed by atoms with Crippen LogP contribution in [-0.2, 0) is 4.79 Å². The Morgan fingerprint density at radius 2 is 2.00 bits per heavy atom. The molecule has 0 aliphatic carbocycles. The van der Waals surface area contributed by atoms with Crippen molar-refractivity contribution in [1.82, 2.24) is 0 Å². The number of rotatable bonds is 5. The van der Waals surface area contributed by atoms with Crippen molar-refractivity contribution < 1.29 is 13.9 Å². The summed E-state index contributed by atoms with van der Waals surface area (Å²) in [7, 11) is 1.49. The first-order valence-electron chi connectivity index (χ1n) is 6.80. The van der Waals surface area contributed by atoms with Crippen LogP contribution in [0.15, 0.2) is 54.2 Å². The van der Waals surface area contributed by atoms with Crippen LogP contribution in [0.2, 0.25) is 5.02 Å². The summed E-state index contributed by atoms with van der Waals surface area (Å²) < 4.78 is 18.0. The van der Waals surface area contributed by atoms with Gasteiger partial charge in [-0.15, -0.1) is 0 Å². The fourth-order valence-electron chi connectivity index (χ4n) is 1.82. The fourth-order valence-corrected chi connectivity index (χ4v) is 2.00. The van der Waals surface area contributed by atoms with E-state index in [9.17, 15) is 9.18 Å². The fraction of sp³-hybridized carbons (Fsp3) is 0.0588. The lowest BCUT2D eigenvalue weighted by Crippen LogP contribution is -2.14. The van der Waals surface area contributed by atoms with Crippen molar-refractivity contribution >= 4 is 28.9 Å². The second-order valence-electron chi connectivity index (χ2n) is 4.62. The van der Waals surface area contributed by atoms with Gasteiger partial charge in [-0.2, -0.15) is 5.26 Å². The molecular weight excluding hydrogens is 333 g/mol. The predicted octanol–water partition coefficient (Wildman–Crippen LogP) is 3.95. The maximum absolute atomic E-state index is 12.9. The molecule has 0 aromatic heterocycles. The molecule has 2 aromatic carbocycles. The summed E-state index contributed by atoms with van der Waals surface area (Å²) in [4.78, 5) is 12.1. The molecule has 2 aromatic rings. The smallest absolute Gasteiger partial charge is 0.267 e. The van der Waals surface area contributed by atoms with E-state index in [1.54, 1.807) is 24.3 Å². The Morgan fingerprint density at radius 1 is 1.29 bits per heavy atom. The average Bonchev–Trinajstić information content (AvgIpc) is 2.57. The van der Waals surface area contributed by atoms with Gasteiger partial charge in [0.25, 0.3) is 5.91 Å². The van der Waals surface area contributed by atoms with E-state index in [4.69, 9.17) is 21.6 Å². The SMILES string of the molecule is COc1ccc(Cl)cc1N/C=C(/C#N)C(=O)Nc1ccc(F)cc1. The number of carbonyl (C=O) groups excluding carboxylic acids is 1. The summed E-state index contributed by atoms with van der Waals surface area (Å²) in [6.45, 7) is 0. The molecule has 0 spiro atoms. The number of nitrogens with one attached hydrogen (secondary N) is 2. The molecule has 1 amide bonds. The van der Waals surface area contributed by atoms with Gasteiger partial charge < -0.3 is 15.4 Å². The summed E-state index contributed by atoms with van der Waals surface area (Å²) >= 11 is 5.91. The van der Waals surface area contributed by atoms with Gasteiger partial charge in [0.1, 0.15) is 23.2 Å². The van der Waals surface area contributed by atoms with Crippen molar-refractivity contribution in [3.05, 3.63) is 65.1 Å². The van der Waals surface area contributed by atoms with Gasteiger partial charge in [-0.25, -0.2) is 4.39 Å². The summed E-state index contributed by atoms with van der Waals surface area (Å²) in [6.07, 6.45) is 1.24. The highest BCUT2D eigenvalue weighted by Crippen LogP contribution is 2.27. The standard InChI is InChI=1S/C17H13ClFN3O2/c1-24-16-7-2-12(18)8-15(16)21-10-11(9-20)17(23)22-14-5-3-13(19)4-6-14/h2-8,10,21H,1H3,(H,22,23)/b11-10-. The van der Waals surface area contributed by atoms with Gasteiger partial charge in [0, 0.05) is 16.9 Å². The normalized spacial score (nSPS) is 10.7. The van der Waals surface area contributed by atoms with Crippen molar-refractivity contribution in [2.24, 2.45) is 0 Å². The molecule has 2 rings (SSSR count). The minimum atomic E-state index is -0.627. The van der Waals surface area contributed by atoms with Crippen molar-refractivity contribution in [1.29, 1.82) is 5.26 Å². The molecule has 0 saturated carbocycles. The molecule has 0 unspecified atom stereocenters. The van der Waals surface area contributed by atoms with Gasteiger partial charge in [-0.1, -0.05) is 11.6 Å². The van der Waals surface area contributed by atoms with Gasteiger partial charge in [-0.3, -0.25) is 4.79 Å². The third-order valence-corrected chi connectivity index (χ3v) is 3.24. The summed E-state index contributed by atoms with van der Waals surface area (Å²) in [5.74, 6) is -0.539. The molecular formula is C17H13ClFN3O2. The van der Waals surface area contributed by atoms with Gasteiger partial charge in [0.15, 0.2) is 0 Å². The van der Waals surface area contributed by atoms with Crippen LogP contribution in [-0.4, -0.2) is 13.0 Å². The first kappa shape index (κ1) is 17.3. The van der Waals surface area contributed by atoms with Crippen molar-refractivity contribution in [2.45, 2.75) is 0 Å². The summed E-state index contributed by atoms with van der Waals surface area (Å²) in [5, 5.41) is 14.9. The molecule has 0 saturated heterocycles. The Kier molecular flexibility index (Phi) is 5.77. The van der Waals surface area contributed by atoms with E-state index in [0.717, 1.165) is 0 Å². The molecule has 5 nitrogen and oxygen atoms in total. The Labute approximate surface area is 143 Å². The summed E-state index contributed by atoms with van der Waals surface area (Å²) in [5.41, 5.74) is 0.719. The van der Waals surface area contributed by atoms with Crippen molar-refractivity contribution in [3.63, 3.8) is 0 Å². The van der Waals surface area contributed by atoms with Crippen LogP contribution in [0.25, 0.3) is 0 Å². The average molecular weight is 346 g/mol. The van der Waals surface area contributed by atoms with Crippen LogP contribution in [0.3, 0.4) is 0 Å². The molecule has 0 heterocycles. The van der Waals surface area contributed by atoms with Crippen LogP contribution >= 0.6 is 11.6 Å². The van der Waals surface area contributed by atoms with Crippen LogP contribution in [0.4, 0.5) is 15.8 Å². The summed E-state index contributed by atoms with van der Waals surface area (Å²) in [6, 6.07) is 11.9. The lowest BCUT2D eigenvalue weighted by molar-refractivity contribution is -0.112. The highest BCUT2D eigenvalue weighted by Gasteiger charge is 2.10. The highest BCUT2D eigenvalue weighted by molar-refractivity contribution is 6.30. The minimum absolute atomic E-state index is 0.165. The number of ether oxygens (including phenoxy) is 1. The van der Waals surface area contributed by atoms with Gasteiger partial charge >= 0.3 is 0 Å². The Morgan fingerprint density at radius 3 is 2.62 bits per heavy atom. The molecule has 24 heavy (non-hydrogen) atoms. The molecule has 0 aliphatic rings. The van der Waals surface area contributed by atoms with Gasteiger partial charge in [0.05, 0.1) is 12.8 Å². The van der Waals surface area contributed by atoms with E-state index in [-0.39, 0.29) is 5.57 Å². The number of amides is 1. The van der Waals surface area contributed by atoms with E-state index in [0.29, 0.717) is 22.1 Å². The van der Waals surface area contributed by atoms with E-state index in [1.165, 1.54) is 37.6 Å². The number of nitrogens with zero attached hydrogens (tertiary/aromatic N) is 1. The number of methoxy groups -OCH3 is 1. The maximum Gasteiger partial charge on any atom is 0.267 e. The Balaban J connectivity index is 2.14. The second-order valence-corrected chi connectivity index (χ2v) is 5.06. The van der Waals surface area contributed by atoms with E-state index < -0.39 is 11.7 Å². The largest absolute Gasteiger partial charge is 0.495 e. The molecule has 0 radical (unpaired) electrons. The molecule has 122 valence electrons. The first-order valence-corrected chi connectivity index (χ1v) is 7.18. The molecule has 0 fully saturated rings. The van der Waals surface area contributed by atoms with Crippen molar-refractivity contribution in [2.75, 3.05) is 17.7 Å². The highest BCUT2D eigenvalue weighted by atomic mass is 35.5.